The van der Waals surface area contributed by atoms with Crippen LogP contribution in [0.25, 0.3) is 0 Å². The summed E-state index contributed by atoms with van der Waals surface area (Å²) in [7, 11) is 0. The first-order valence-corrected chi connectivity index (χ1v) is 7.21. The Hall–Kier alpha value is -1.67. The Balaban J connectivity index is 1.92. The van der Waals surface area contributed by atoms with Crippen LogP contribution < -0.4 is 5.32 Å². The molecule has 0 radical (unpaired) electrons. The fraction of sp³-hybridized carbons (Fsp3) is 0.583. The summed E-state index contributed by atoms with van der Waals surface area (Å²) >= 11 is 1.51. The fourth-order valence-electron chi connectivity index (χ4n) is 2.12. The number of carbonyl (C=O) groups excluding carboxylic acids is 1. The number of likely N-dealkylation sites (tertiary alicyclic amines) is 1. The van der Waals surface area contributed by atoms with Crippen molar-refractivity contribution in [3.63, 3.8) is 0 Å². The number of aliphatic hydroxyl groups is 1. The van der Waals surface area contributed by atoms with Crippen molar-refractivity contribution in [2.45, 2.75) is 38.5 Å². The number of hydrogen-bond acceptors (Lipinski definition) is 5. The average Bonchev–Trinajstić information content (AvgIpc) is 3.02. The molecular weight excluding hydrogens is 282 g/mol. The van der Waals surface area contributed by atoms with Crippen molar-refractivity contribution < 1.29 is 19.8 Å². The average molecular weight is 299 g/mol. The number of aliphatic carboxylic acids is 1. The number of nitrogens with zero attached hydrogens (tertiary/aromatic N) is 2. The number of carboxylic acid groups (broad SMARTS) is 1. The first kappa shape index (κ1) is 14.7. The van der Waals surface area contributed by atoms with E-state index in [0.717, 1.165) is 21.2 Å². The molecule has 20 heavy (non-hydrogen) atoms. The van der Waals surface area contributed by atoms with Crippen LogP contribution in [0.4, 0.5) is 4.79 Å². The molecule has 1 aliphatic heterocycles. The predicted octanol–water partition coefficient (Wildman–Crippen LogP) is 0.435. The zero-order valence-electron chi connectivity index (χ0n) is 11.1. The molecule has 8 heteroatoms. The predicted molar refractivity (Wildman–Crippen MR) is 72.5 cm³/mol. The van der Waals surface area contributed by atoms with Crippen LogP contribution in [0.5, 0.6) is 0 Å². The summed E-state index contributed by atoms with van der Waals surface area (Å²) in [4.78, 5) is 29.5. The second-order valence-corrected chi connectivity index (χ2v) is 5.83. The molecule has 1 saturated heterocycles. The molecule has 0 unspecified atom stereocenters. The van der Waals surface area contributed by atoms with Crippen molar-refractivity contribution in [2.75, 3.05) is 6.54 Å². The smallest absolute Gasteiger partial charge is 0.326 e. The topological polar surface area (TPSA) is 103 Å². The van der Waals surface area contributed by atoms with E-state index in [1.54, 1.807) is 6.20 Å². The number of carboxylic acids is 1. The molecule has 0 aromatic carbocycles. The molecule has 0 saturated carbocycles. The van der Waals surface area contributed by atoms with Crippen molar-refractivity contribution in [1.29, 1.82) is 0 Å². The van der Waals surface area contributed by atoms with Crippen LogP contribution in [-0.4, -0.2) is 50.8 Å². The standard InChI is InChI=1S/C12H17N3O4S/c1-2-8-4-13-10(20-8)5-14-12(19)15-6-7(16)3-9(15)11(17)18/h4,7,9,16H,2-3,5-6H2,1H3,(H,14,19)(H,17,18)/t7-,9+/m1/s1. The van der Waals surface area contributed by atoms with Crippen LogP contribution in [0.1, 0.15) is 23.2 Å². The van der Waals surface area contributed by atoms with E-state index in [-0.39, 0.29) is 19.5 Å². The van der Waals surface area contributed by atoms with E-state index < -0.39 is 24.1 Å². The molecule has 2 rings (SSSR count). The first-order chi connectivity index (χ1) is 9.51. The molecule has 1 aliphatic rings. The lowest BCUT2D eigenvalue weighted by atomic mass is 10.2. The second-order valence-electron chi connectivity index (χ2n) is 4.63. The van der Waals surface area contributed by atoms with Crippen molar-refractivity contribution >= 4 is 23.3 Å². The third kappa shape index (κ3) is 3.26. The normalized spacial score (nSPS) is 22.0. The highest BCUT2D eigenvalue weighted by molar-refractivity contribution is 7.11. The number of aryl methyl sites for hydroxylation is 1. The molecule has 1 aromatic rings. The number of hydrogen-bond donors (Lipinski definition) is 3. The van der Waals surface area contributed by atoms with E-state index in [4.69, 9.17) is 5.11 Å². The molecule has 2 amide bonds. The number of nitrogens with one attached hydrogen (secondary N) is 1. The monoisotopic (exact) mass is 299 g/mol. The SMILES string of the molecule is CCc1cnc(CNC(=O)N2C[C@H](O)C[C@H]2C(=O)O)s1. The minimum absolute atomic E-state index is 0.0425. The maximum absolute atomic E-state index is 12.0. The van der Waals surface area contributed by atoms with Crippen molar-refractivity contribution in [3.8, 4) is 0 Å². The third-order valence-electron chi connectivity index (χ3n) is 3.17. The molecule has 7 nitrogen and oxygen atoms in total. The van der Waals surface area contributed by atoms with Crippen LogP contribution in [0.3, 0.4) is 0 Å². The van der Waals surface area contributed by atoms with Gasteiger partial charge in [0.2, 0.25) is 0 Å². The molecule has 110 valence electrons. The number of rotatable bonds is 4. The zero-order chi connectivity index (χ0) is 14.7. The summed E-state index contributed by atoms with van der Waals surface area (Å²) in [5, 5.41) is 21.9. The molecule has 1 aromatic heterocycles. The van der Waals surface area contributed by atoms with Gasteiger partial charge in [-0.1, -0.05) is 6.92 Å². The van der Waals surface area contributed by atoms with Crippen LogP contribution in [0.2, 0.25) is 0 Å². The Morgan fingerprint density at radius 1 is 1.60 bits per heavy atom. The van der Waals surface area contributed by atoms with E-state index >= 15 is 0 Å². The van der Waals surface area contributed by atoms with Gasteiger partial charge in [-0.05, 0) is 6.42 Å². The summed E-state index contributed by atoms with van der Waals surface area (Å²) in [6.45, 7) is 2.34. The Bertz CT molecular complexity index is 505. The lowest BCUT2D eigenvalue weighted by molar-refractivity contribution is -0.141. The molecule has 0 spiro atoms. The number of aliphatic hydroxyl groups excluding tert-OH is 1. The third-order valence-corrected chi connectivity index (χ3v) is 4.31. The molecule has 2 atom stereocenters. The second kappa shape index (κ2) is 6.19. The number of carbonyl (C=O) groups is 2. The summed E-state index contributed by atoms with van der Waals surface area (Å²) in [5.41, 5.74) is 0. The van der Waals surface area contributed by atoms with Crippen LogP contribution >= 0.6 is 11.3 Å². The molecule has 2 heterocycles. The van der Waals surface area contributed by atoms with Crippen molar-refractivity contribution in [3.05, 3.63) is 16.1 Å². The highest BCUT2D eigenvalue weighted by Gasteiger charge is 2.38. The van der Waals surface area contributed by atoms with E-state index in [9.17, 15) is 14.7 Å². The molecule has 0 bridgehead atoms. The molecular formula is C12H17N3O4S. The van der Waals surface area contributed by atoms with E-state index in [2.05, 4.69) is 10.3 Å². The van der Waals surface area contributed by atoms with Gasteiger partial charge in [0.15, 0.2) is 0 Å². The van der Waals surface area contributed by atoms with Gasteiger partial charge in [0.1, 0.15) is 11.0 Å². The number of β-amino-alcohol motifs (C(OH)–C–C–N with tert-alkyl or cyclic N) is 1. The minimum Gasteiger partial charge on any atom is -0.480 e. The first-order valence-electron chi connectivity index (χ1n) is 6.40. The maximum atomic E-state index is 12.0. The lowest BCUT2D eigenvalue weighted by Gasteiger charge is -2.21. The lowest BCUT2D eigenvalue weighted by Crippen LogP contribution is -2.45. The van der Waals surface area contributed by atoms with Gasteiger partial charge in [-0.25, -0.2) is 14.6 Å². The number of aromatic nitrogens is 1. The highest BCUT2D eigenvalue weighted by atomic mass is 32.1. The zero-order valence-corrected chi connectivity index (χ0v) is 11.9. The van der Waals surface area contributed by atoms with Gasteiger partial charge in [-0.15, -0.1) is 11.3 Å². The van der Waals surface area contributed by atoms with Gasteiger partial charge in [0.05, 0.1) is 12.6 Å². The number of urea groups is 1. The van der Waals surface area contributed by atoms with Crippen LogP contribution in [0.15, 0.2) is 6.20 Å². The van der Waals surface area contributed by atoms with Crippen LogP contribution in [0, 0.1) is 0 Å². The van der Waals surface area contributed by atoms with E-state index in [0.29, 0.717) is 0 Å². The number of amides is 2. The van der Waals surface area contributed by atoms with Crippen molar-refractivity contribution in [1.82, 2.24) is 15.2 Å². The van der Waals surface area contributed by atoms with Gasteiger partial charge < -0.3 is 20.4 Å². The van der Waals surface area contributed by atoms with Crippen LogP contribution in [-0.2, 0) is 17.8 Å². The van der Waals surface area contributed by atoms with Gasteiger partial charge in [0, 0.05) is 24.0 Å². The highest BCUT2D eigenvalue weighted by Crippen LogP contribution is 2.18. The Kier molecular flexibility index (Phi) is 4.56. The summed E-state index contributed by atoms with van der Waals surface area (Å²) in [6.07, 6.45) is 1.95. The van der Waals surface area contributed by atoms with Gasteiger partial charge in [0.25, 0.3) is 0 Å². The minimum atomic E-state index is -1.10. The number of thiazole rings is 1. The van der Waals surface area contributed by atoms with Gasteiger partial charge in [-0.3, -0.25) is 0 Å². The van der Waals surface area contributed by atoms with E-state index in [1.165, 1.54) is 11.3 Å². The quantitative estimate of drug-likeness (QED) is 0.748. The molecule has 1 fully saturated rings. The van der Waals surface area contributed by atoms with Gasteiger partial charge in [-0.2, -0.15) is 0 Å². The largest absolute Gasteiger partial charge is 0.480 e. The van der Waals surface area contributed by atoms with E-state index in [1.807, 2.05) is 6.92 Å². The summed E-state index contributed by atoms with van der Waals surface area (Å²) in [5.74, 6) is -1.10. The van der Waals surface area contributed by atoms with Crippen molar-refractivity contribution in [2.24, 2.45) is 0 Å². The molecule has 3 N–H and O–H groups in total. The summed E-state index contributed by atoms with van der Waals surface area (Å²) in [6, 6.07) is -1.45. The molecule has 0 aliphatic carbocycles. The Morgan fingerprint density at radius 2 is 2.35 bits per heavy atom. The van der Waals surface area contributed by atoms with Gasteiger partial charge >= 0.3 is 12.0 Å². The fourth-order valence-corrected chi connectivity index (χ4v) is 2.92. The summed E-state index contributed by atoms with van der Waals surface area (Å²) < 4.78 is 0. The maximum Gasteiger partial charge on any atom is 0.326 e. The Morgan fingerprint density at radius 3 is 2.95 bits per heavy atom. The Labute approximate surface area is 120 Å².